The summed E-state index contributed by atoms with van der Waals surface area (Å²) in [5.41, 5.74) is 0. The van der Waals surface area contributed by atoms with E-state index in [4.69, 9.17) is 5.11 Å². The van der Waals surface area contributed by atoms with Crippen LogP contribution in [0.25, 0.3) is 0 Å². The largest absolute Gasteiger partial charge is 0.388 e. The molecule has 0 aromatic carbocycles. The maximum absolute atomic E-state index is 8.71. The Hall–Kier alpha value is -0.570. The van der Waals surface area contributed by atoms with Gasteiger partial charge in [0.15, 0.2) is 0 Å². The molecule has 2 N–H and O–H groups in total. The molecule has 10 heavy (non-hydrogen) atoms. The Labute approximate surface area is 61.2 Å². The van der Waals surface area contributed by atoms with E-state index in [0.717, 1.165) is 25.3 Å². The lowest BCUT2D eigenvalue weighted by Gasteiger charge is -2.10. The number of hydrogen-bond donors (Lipinski definition) is 2. The third-order valence-corrected chi connectivity index (χ3v) is 1.62. The van der Waals surface area contributed by atoms with E-state index < -0.39 is 0 Å². The van der Waals surface area contributed by atoms with Gasteiger partial charge in [0.2, 0.25) is 0 Å². The molecular weight excluding hydrogens is 128 g/mol. The quantitative estimate of drug-likeness (QED) is 0.547. The molecule has 0 unspecified atom stereocenters. The van der Waals surface area contributed by atoms with Crippen molar-refractivity contribution < 1.29 is 5.11 Å². The summed E-state index contributed by atoms with van der Waals surface area (Å²) < 4.78 is 0. The number of amidine groups is 1. The SMILES string of the molecule is OCC1=NCCCCCN1. The summed E-state index contributed by atoms with van der Waals surface area (Å²) in [7, 11) is 0. The van der Waals surface area contributed by atoms with Gasteiger partial charge in [-0.2, -0.15) is 0 Å². The molecular formula is C7H14N2O. The molecule has 0 radical (unpaired) electrons. The normalized spacial score (nSPS) is 20.3. The topological polar surface area (TPSA) is 44.6 Å². The molecule has 0 fully saturated rings. The minimum absolute atomic E-state index is 0.0556. The minimum Gasteiger partial charge on any atom is -0.388 e. The first-order chi connectivity index (χ1) is 4.93. The lowest BCUT2D eigenvalue weighted by Crippen LogP contribution is -2.29. The lowest BCUT2D eigenvalue weighted by molar-refractivity contribution is 0.351. The van der Waals surface area contributed by atoms with Gasteiger partial charge < -0.3 is 10.4 Å². The van der Waals surface area contributed by atoms with Crippen molar-refractivity contribution in [3.63, 3.8) is 0 Å². The lowest BCUT2D eigenvalue weighted by atomic mass is 10.2. The van der Waals surface area contributed by atoms with Crippen LogP contribution >= 0.6 is 0 Å². The Morgan fingerprint density at radius 2 is 2.30 bits per heavy atom. The van der Waals surface area contributed by atoms with E-state index in [1.807, 2.05) is 0 Å². The van der Waals surface area contributed by atoms with Crippen LogP contribution in [0.1, 0.15) is 19.3 Å². The van der Waals surface area contributed by atoms with Gasteiger partial charge in [0.05, 0.1) is 0 Å². The van der Waals surface area contributed by atoms with E-state index in [1.54, 1.807) is 0 Å². The van der Waals surface area contributed by atoms with Crippen LogP contribution < -0.4 is 5.32 Å². The molecule has 0 amide bonds. The second kappa shape index (κ2) is 4.28. The number of nitrogens with one attached hydrogen (secondary N) is 1. The van der Waals surface area contributed by atoms with Gasteiger partial charge in [0, 0.05) is 13.1 Å². The summed E-state index contributed by atoms with van der Waals surface area (Å²) in [6.07, 6.45) is 3.60. The first-order valence-electron chi connectivity index (χ1n) is 3.81. The van der Waals surface area contributed by atoms with E-state index in [9.17, 15) is 0 Å². The van der Waals surface area contributed by atoms with Crippen LogP contribution in [0.2, 0.25) is 0 Å². The van der Waals surface area contributed by atoms with Crippen LogP contribution in [-0.4, -0.2) is 30.6 Å². The third-order valence-electron chi connectivity index (χ3n) is 1.62. The number of rotatable bonds is 1. The Morgan fingerprint density at radius 3 is 3.10 bits per heavy atom. The molecule has 1 aliphatic rings. The fraction of sp³-hybridized carbons (Fsp3) is 0.857. The smallest absolute Gasteiger partial charge is 0.122 e. The first kappa shape index (κ1) is 7.54. The van der Waals surface area contributed by atoms with Crippen molar-refractivity contribution in [2.24, 2.45) is 4.99 Å². The zero-order valence-corrected chi connectivity index (χ0v) is 6.14. The number of nitrogens with zero attached hydrogens (tertiary/aromatic N) is 1. The van der Waals surface area contributed by atoms with Gasteiger partial charge in [-0.15, -0.1) is 0 Å². The van der Waals surface area contributed by atoms with E-state index in [2.05, 4.69) is 10.3 Å². The van der Waals surface area contributed by atoms with Crippen molar-refractivity contribution in [2.45, 2.75) is 19.3 Å². The Bertz CT molecular complexity index is 123. The van der Waals surface area contributed by atoms with Gasteiger partial charge in [-0.3, -0.25) is 4.99 Å². The van der Waals surface area contributed by atoms with Gasteiger partial charge in [-0.1, -0.05) is 0 Å². The summed E-state index contributed by atoms with van der Waals surface area (Å²) in [4.78, 5) is 4.16. The van der Waals surface area contributed by atoms with Crippen LogP contribution in [0.15, 0.2) is 4.99 Å². The molecule has 58 valence electrons. The van der Waals surface area contributed by atoms with Crippen molar-refractivity contribution in [2.75, 3.05) is 19.7 Å². The Morgan fingerprint density at radius 1 is 1.40 bits per heavy atom. The number of aliphatic hydroxyl groups excluding tert-OH is 1. The van der Waals surface area contributed by atoms with Crippen molar-refractivity contribution in [1.29, 1.82) is 0 Å². The van der Waals surface area contributed by atoms with Crippen LogP contribution in [-0.2, 0) is 0 Å². The average Bonchev–Trinajstić information content (AvgIpc) is 1.87. The molecule has 0 atom stereocenters. The third kappa shape index (κ3) is 2.35. The van der Waals surface area contributed by atoms with Gasteiger partial charge in [-0.25, -0.2) is 0 Å². The molecule has 0 aromatic rings. The summed E-state index contributed by atoms with van der Waals surface area (Å²) in [6.45, 7) is 1.88. The molecule has 0 aromatic heterocycles. The van der Waals surface area contributed by atoms with Crippen molar-refractivity contribution in [3.05, 3.63) is 0 Å². The number of hydrogen-bond acceptors (Lipinski definition) is 3. The molecule has 3 nitrogen and oxygen atoms in total. The molecule has 0 saturated heterocycles. The fourth-order valence-electron chi connectivity index (χ4n) is 1.02. The van der Waals surface area contributed by atoms with Gasteiger partial charge in [0.1, 0.15) is 12.4 Å². The molecule has 0 saturated carbocycles. The maximum atomic E-state index is 8.71. The zero-order chi connectivity index (χ0) is 7.23. The Kier molecular flexibility index (Phi) is 3.22. The van der Waals surface area contributed by atoms with Gasteiger partial charge in [-0.05, 0) is 19.3 Å². The van der Waals surface area contributed by atoms with Crippen LogP contribution in [0, 0.1) is 0 Å². The van der Waals surface area contributed by atoms with Crippen LogP contribution in [0.5, 0.6) is 0 Å². The number of aliphatic imine (C=N–C) groups is 1. The van der Waals surface area contributed by atoms with Gasteiger partial charge >= 0.3 is 0 Å². The highest BCUT2D eigenvalue weighted by molar-refractivity contribution is 5.83. The second-order valence-corrected chi connectivity index (χ2v) is 2.47. The van der Waals surface area contributed by atoms with E-state index >= 15 is 0 Å². The molecule has 1 heterocycles. The first-order valence-corrected chi connectivity index (χ1v) is 3.81. The van der Waals surface area contributed by atoms with Crippen LogP contribution in [0.4, 0.5) is 0 Å². The summed E-state index contributed by atoms with van der Waals surface area (Å²) in [5, 5.41) is 11.8. The molecule has 0 bridgehead atoms. The van der Waals surface area contributed by atoms with E-state index in [1.165, 1.54) is 12.8 Å². The molecule has 0 aliphatic carbocycles. The van der Waals surface area contributed by atoms with Crippen molar-refractivity contribution in [1.82, 2.24) is 5.32 Å². The zero-order valence-electron chi connectivity index (χ0n) is 6.14. The predicted octanol–water partition coefficient (Wildman–Crippen LogP) is 0.151. The summed E-state index contributed by atoms with van der Waals surface area (Å²) >= 11 is 0. The molecule has 3 heteroatoms. The highest BCUT2D eigenvalue weighted by Crippen LogP contribution is 1.97. The molecule has 1 rings (SSSR count). The number of aliphatic hydroxyl groups is 1. The minimum atomic E-state index is 0.0556. The average molecular weight is 142 g/mol. The van der Waals surface area contributed by atoms with Crippen molar-refractivity contribution >= 4 is 5.84 Å². The van der Waals surface area contributed by atoms with Crippen molar-refractivity contribution in [3.8, 4) is 0 Å². The van der Waals surface area contributed by atoms with Gasteiger partial charge in [0.25, 0.3) is 0 Å². The molecule has 0 spiro atoms. The summed E-state index contributed by atoms with van der Waals surface area (Å²) in [6, 6.07) is 0. The molecule has 1 aliphatic heterocycles. The maximum Gasteiger partial charge on any atom is 0.122 e. The second-order valence-electron chi connectivity index (χ2n) is 2.47. The monoisotopic (exact) mass is 142 g/mol. The predicted molar refractivity (Wildman–Crippen MR) is 41.2 cm³/mol. The highest BCUT2D eigenvalue weighted by Gasteiger charge is 1.98. The van der Waals surface area contributed by atoms with Crippen LogP contribution in [0.3, 0.4) is 0 Å². The Balaban J connectivity index is 2.35. The van der Waals surface area contributed by atoms with E-state index in [-0.39, 0.29) is 6.61 Å². The standard InChI is InChI=1S/C7H14N2O/c10-6-7-8-4-2-1-3-5-9-7/h10H,1-6H2,(H,8,9). The fourth-order valence-corrected chi connectivity index (χ4v) is 1.02. The summed E-state index contributed by atoms with van der Waals surface area (Å²) in [5.74, 6) is 0.750. The van der Waals surface area contributed by atoms with E-state index in [0.29, 0.717) is 0 Å². The highest BCUT2D eigenvalue weighted by atomic mass is 16.3.